The van der Waals surface area contributed by atoms with Crippen molar-refractivity contribution in [2.75, 3.05) is 0 Å². The molecule has 1 saturated carbocycles. The molecular formula is C21H30O7. The van der Waals surface area contributed by atoms with Crippen LogP contribution < -0.4 is 0 Å². The zero-order valence-corrected chi connectivity index (χ0v) is 16.5. The number of ketones is 2. The van der Waals surface area contributed by atoms with E-state index in [1.165, 1.54) is 6.08 Å². The lowest BCUT2D eigenvalue weighted by atomic mass is 9.85. The number of hydrogen-bond acceptors (Lipinski definition) is 6. The molecule has 0 amide bonds. The van der Waals surface area contributed by atoms with Gasteiger partial charge < -0.3 is 20.4 Å². The van der Waals surface area contributed by atoms with Crippen molar-refractivity contribution < 1.29 is 34.8 Å². The number of carbonyl (C=O) groups is 3. The molecule has 0 aromatic heterocycles. The predicted octanol–water partition coefficient (Wildman–Crippen LogP) is 2.63. The van der Waals surface area contributed by atoms with Gasteiger partial charge in [0.15, 0.2) is 11.6 Å². The van der Waals surface area contributed by atoms with Crippen LogP contribution >= 0.6 is 0 Å². The van der Waals surface area contributed by atoms with Crippen molar-refractivity contribution in [3.63, 3.8) is 0 Å². The van der Waals surface area contributed by atoms with Crippen LogP contribution in [0.5, 0.6) is 0 Å². The molecule has 4 N–H and O–H groups in total. The summed E-state index contributed by atoms with van der Waals surface area (Å²) in [7, 11) is 0. The van der Waals surface area contributed by atoms with Crippen LogP contribution in [0, 0.1) is 5.92 Å². The third-order valence-corrected chi connectivity index (χ3v) is 5.12. The Kier molecular flexibility index (Phi) is 8.78. The lowest BCUT2D eigenvalue weighted by molar-refractivity contribution is -0.167. The molecule has 0 saturated heterocycles. The predicted molar refractivity (Wildman–Crippen MR) is 104 cm³/mol. The van der Waals surface area contributed by atoms with Crippen molar-refractivity contribution in [2.45, 2.75) is 70.5 Å². The molecule has 1 fully saturated rings. The maximum Gasteiger partial charge on any atom is 0.342 e. The first-order valence-electron chi connectivity index (χ1n) is 9.51. The average Bonchev–Trinajstić information content (AvgIpc) is 2.64. The van der Waals surface area contributed by atoms with Crippen LogP contribution in [0.25, 0.3) is 0 Å². The molecule has 0 radical (unpaired) electrons. The minimum atomic E-state index is -2.40. The second kappa shape index (κ2) is 10.3. The first kappa shape index (κ1) is 23.8. The van der Waals surface area contributed by atoms with E-state index in [4.69, 9.17) is 0 Å². The summed E-state index contributed by atoms with van der Waals surface area (Å²) >= 11 is 0. The van der Waals surface area contributed by atoms with Gasteiger partial charge in [0, 0.05) is 19.3 Å². The van der Waals surface area contributed by atoms with Gasteiger partial charge in [-0.3, -0.25) is 9.59 Å². The summed E-state index contributed by atoms with van der Waals surface area (Å²) in [6.07, 6.45) is 3.08. The number of aliphatic carboxylic acids is 1. The molecule has 0 aromatic carbocycles. The Morgan fingerprint density at radius 3 is 2.29 bits per heavy atom. The third kappa shape index (κ3) is 5.87. The molecule has 0 aromatic rings. The van der Waals surface area contributed by atoms with Gasteiger partial charge in [0.1, 0.15) is 5.76 Å². The second-order valence-electron chi connectivity index (χ2n) is 7.34. The van der Waals surface area contributed by atoms with Crippen LogP contribution in [0.15, 0.2) is 35.6 Å². The Morgan fingerprint density at radius 2 is 1.79 bits per heavy atom. The van der Waals surface area contributed by atoms with Crippen molar-refractivity contribution in [2.24, 2.45) is 5.92 Å². The molecule has 3 atom stereocenters. The van der Waals surface area contributed by atoms with Crippen molar-refractivity contribution in [3.05, 3.63) is 35.6 Å². The lowest BCUT2D eigenvalue weighted by Crippen LogP contribution is -2.50. The molecule has 7 heteroatoms. The fourth-order valence-corrected chi connectivity index (χ4v) is 3.02. The van der Waals surface area contributed by atoms with E-state index in [-0.39, 0.29) is 48.6 Å². The molecule has 1 rings (SSSR count). The molecule has 7 nitrogen and oxygen atoms in total. The summed E-state index contributed by atoms with van der Waals surface area (Å²) in [5, 5.41) is 39.8. The van der Waals surface area contributed by atoms with Crippen LogP contribution in [-0.4, -0.2) is 49.7 Å². The van der Waals surface area contributed by atoms with Crippen molar-refractivity contribution in [3.8, 4) is 0 Å². The Hall–Kier alpha value is -2.25. The number of allylic oxidation sites excluding steroid dienone is 4. The van der Waals surface area contributed by atoms with Crippen LogP contribution in [0.3, 0.4) is 0 Å². The Labute approximate surface area is 165 Å². The molecule has 1 aliphatic carbocycles. The zero-order chi connectivity index (χ0) is 21.5. The number of carboxylic acids is 1. The minimum absolute atomic E-state index is 0.0815. The first-order valence-corrected chi connectivity index (χ1v) is 9.51. The van der Waals surface area contributed by atoms with Crippen LogP contribution in [-0.2, 0) is 14.4 Å². The quantitative estimate of drug-likeness (QED) is 0.194. The van der Waals surface area contributed by atoms with E-state index >= 15 is 0 Å². The third-order valence-electron chi connectivity index (χ3n) is 5.12. The Bertz CT molecular complexity index is 671. The standard InChI is InChI=1S/C21H30O7/c1-4-14(3)19(25)21(28,20(26)27)12-6-7-13(2)10-11-17(24)18-15(22)8-5-9-16(18)23/h6,12,14,19,24-25,28H,2,4-5,7-11H2,1,3H3,(H,26,27)/b12-6+/t14-,19+,21-/m0/s1. The van der Waals surface area contributed by atoms with E-state index < -0.39 is 23.6 Å². The van der Waals surface area contributed by atoms with Gasteiger partial charge in [-0.05, 0) is 31.3 Å². The van der Waals surface area contributed by atoms with Gasteiger partial charge in [0.05, 0.1) is 11.7 Å². The summed E-state index contributed by atoms with van der Waals surface area (Å²) in [5.74, 6) is -2.88. The van der Waals surface area contributed by atoms with Gasteiger partial charge >= 0.3 is 5.97 Å². The van der Waals surface area contributed by atoms with Gasteiger partial charge in [-0.15, -0.1) is 0 Å². The normalized spacial score (nSPS) is 19.4. The number of aliphatic hydroxyl groups is 3. The van der Waals surface area contributed by atoms with E-state index in [9.17, 15) is 34.8 Å². The second-order valence-corrected chi connectivity index (χ2v) is 7.34. The highest BCUT2D eigenvalue weighted by atomic mass is 16.4. The van der Waals surface area contributed by atoms with Crippen LogP contribution in [0.2, 0.25) is 0 Å². The molecule has 28 heavy (non-hydrogen) atoms. The molecule has 0 aliphatic heterocycles. The number of aliphatic hydroxyl groups excluding tert-OH is 2. The van der Waals surface area contributed by atoms with Gasteiger partial charge in [0.2, 0.25) is 5.60 Å². The highest BCUT2D eigenvalue weighted by molar-refractivity contribution is 6.21. The van der Waals surface area contributed by atoms with E-state index in [0.717, 1.165) is 6.08 Å². The number of rotatable bonds is 10. The molecule has 156 valence electrons. The molecular weight excluding hydrogens is 364 g/mol. The smallest absolute Gasteiger partial charge is 0.342 e. The van der Waals surface area contributed by atoms with E-state index in [2.05, 4.69) is 6.58 Å². The minimum Gasteiger partial charge on any atom is -0.511 e. The average molecular weight is 394 g/mol. The maximum absolute atomic E-state index is 11.8. The first-order chi connectivity index (χ1) is 13.0. The van der Waals surface area contributed by atoms with E-state index in [0.29, 0.717) is 24.8 Å². The van der Waals surface area contributed by atoms with Gasteiger partial charge in [-0.25, -0.2) is 4.79 Å². The summed E-state index contributed by atoms with van der Waals surface area (Å²) in [6, 6.07) is 0. The molecule has 0 spiro atoms. The fraction of sp³-hybridized carbons (Fsp3) is 0.571. The SMILES string of the molecule is C=C(C/C=C/[C@@](O)(C(=O)O)[C@H](O)[C@@H](C)CC)CCC(O)=C1C(=O)CCCC1=O. The highest BCUT2D eigenvalue weighted by Gasteiger charge is 2.43. The Morgan fingerprint density at radius 1 is 1.21 bits per heavy atom. The molecule has 0 heterocycles. The van der Waals surface area contributed by atoms with Gasteiger partial charge in [-0.1, -0.05) is 38.5 Å². The van der Waals surface area contributed by atoms with Crippen LogP contribution in [0.1, 0.15) is 58.8 Å². The van der Waals surface area contributed by atoms with Crippen LogP contribution in [0.4, 0.5) is 0 Å². The summed E-state index contributed by atoms with van der Waals surface area (Å²) in [5.41, 5.74) is -1.91. The highest BCUT2D eigenvalue weighted by Crippen LogP contribution is 2.25. The van der Waals surface area contributed by atoms with E-state index in [1.807, 2.05) is 0 Å². The maximum atomic E-state index is 11.8. The molecule has 1 aliphatic rings. The van der Waals surface area contributed by atoms with Gasteiger partial charge in [0.25, 0.3) is 0 Å². The summed E-state index contributed by atoms with van der Waals surface area (Å²) in [4.78, 5) is 35.0. The number of hydrogen-bond donors (Lipinski definition) is 4. The number of carbonyl (C=O) groups excluding carboxylic acids is 2. The monoisotopic (exact) mass is 394 g/mol. The number of Topliss-reactive ketones (excluding diaryl/α,β-unsaturated/α-hetero) is 2. The largest absolute Gasteiger partial charge is 0.511 e. The lowest BCUT2D eigenvalue weighted by Gasteiger charge is -2.29. The van der Waals surface area contributed by atoms with Crippen molar-refractivity contribution in [1.29, 1.82) is 0 Å². The van der Waals surface area contributed by atoms with Crippen molar-refractivity contribution >= 4 is 17.5 Å². The molecule has 0 unspecified atom stereocenters. The number of carboxylic acid groups (broad SMARTS) is 1. The molecule has 0 bridgehead atoms. The van der Waals surface area contributed by atoms with E-state index in [1.54, 1.807) is 13.8 Å². The van der Waals surface area contributed by atoms with Gasteiger partial charge in [-0.2, -0.15) is 0 Å². The summed E-state index contributed by atoms with van der Waals surface area (Å²) in [6.45, 7) is 7.25. The zero-order valence-electron chi connectivity index (χ0n) is 16.5. The fourth-order valence-electron chi connectivity index (χ4n) is 3.02. The topological polar surface area (TPSA) is 132 Å². The summed E-state index contributed by atoms with van der Waals surface area (Å²) < 4.78 is 0. The Balaban J connectivity index is 2.71. The van der Waals surface area contributed by atoms with Crippen molar-refractivity contribution in [1.82, 2.24) is 0 Å².